The summed E-state index contributed by atoms with van der Waals surface area (Å²) in [7, 11) is 0. The van der Waals surface area contributed by atoms with Gasteiger partial charge in [-0.25, -0.2) is 15.0 Å². The summed E-state index contributed by atoms with van der Waals surface area (Å²) < 4.78 is 11.5. The van der Waals surface area contributed by atoms with Crippen LogP contribution in [0.4, 0.5) is 0 Å². The van der Waals surface area contributed by atoms with Crippen molar-refractivity contribution < 1.29 is 19.7 Å². The van der Waals surface area contributed by atoms with Gasteiger partial charge in [-0.05, 0) is 63.3 Å². The number of unbranched alkanes of at least 4 members (excludes halogenated alkanes) is 1. The summed E-state index contributed by atoms with van der Waals surface area (Å²) in [6, 6.07) is 17.3. The lowest BCUT2D eigenvalue weighted by atomic mass is 10.0. The molecule has 4 aromatic rings. The van der Waals surface area contributed by atoms with Crippen molar-refractivity contribution in [2.45, 2.75) is 73.3 Å². The number of phenols is 1. The standard InChI is InChI=1S/C36H45N3O4/c1-7-9-10-27(8-2)20-42-21-28(40)22-43-29-13-16-32(33(41)19-29)36-38-34(30-14-11-23(3)17-25(30)5)37-35(39-36)31-15-12-24(4)18-26(31)6/h11-19,27-28,40-41H,7-10,20-22H2,1-6H3/t27-,28+/m0/s1. The minimum absolute atomic E-state index is 0.0192. The maximum absolute atomic E-state index is 11.0. The molecule has 0 saturated heterocycles. The summed E-state index contributed by atoms with van der Waals surface area (Å²) >= 11 is 0. The first kappa shape index (κ1) is 32.1. The van der Waals surface area contributed by atoms with Crippen molar-refractivity contribution in [2.75, 3.05) is 19.8 Å². The molecule has 0 saturated carbocycles. The molecule has 228 valence electrons. The van der Waals surface area contributed by atoms with Crippen molar-refractivity contribution in [3.63, 3.8) is 0 Å². The van der Waals surface area contributed by atoms with E-state index in [1.807, 2.05) is 38.1 Å². The zero-order chi connectivity index (χ0) is 30.9. The van der Waals surface area contributed by atoms with Crippen LogP contribution in [0.3, 0.4) is 0 Å². The molecule has 43 heavy (non-hydrogen) atoms. The van der Waals surface area contributed by atoms with Gasteiger partial charge in [0.05, 0.1) is 12.2 Å². The molecule has 4 rings (SSSR count). The molecule has 1 heterocycles. The minimum atomic E-state index is -0.769. The first-order valence-corrected chi connectivity index (χ1v) is 15.3. The second kappa shape index (κ2) is 15.1. The lowest BCUT2D eigenvalue weighted by Crippen LogP contribution is -2.25. The number of nitrogens with zero attached hydrogens (tertiary/aromatic N) is 3. The Labute approximate surface area is 256 Å². The van der Waals surface area contributed by atoms with Gasteiger partial charge in [0.2, 0.25) is 0 Å². The quantitative estimate of drug-likeness (QED) is 0.156. The van der Waals surface area contributed by atoms with E-state index in [9.17, 15) is 10.2 Å². The van der Waals surface area contributed by atoms with Crippen molar-refractivity contribution in [1.29, 1.82) is 0 Å². The molecule has 2 N–H and O–H groups in total. The number of aromatic hydroxyl groups is 1. The van der Waals surface area contributed by atoms with Crippen LogP contribution in [0.15, 0.2) is 54.6 Å². The third kappa shape index (κ3) is 8.62. The van der Waals surface area contributed by atoms with Crippen LogP contribution in [0.5, 0.6) is 11.5 Å². The highest BCUT2D eigenvalue weighted by Gasteiger charge is 2.18. The highest BCUT2D eigenvalue weighted by Crippen LogP contribution is 2.34. The molecule has 7 nitrogen and oxygen atoms in total. The van der Waals surface area contributed by atoms with E-state index in [0.29, 0.717) is 41.3 Å². The number of aryl methyl sites for hydroxylation is 4. The van der Waals surface area contributed by atoms with E-state index in [2.05, 4.69) is 39.8 Å². The zero-order valence-corrected chi connectivity index (χ0v) is 26.4. The van der Waals surface area contributed by atoms with Crippen LogP contribution in [-0.4, -0.2) is 51.1 Å². The molecular weight excluding hydrogens is 538 g/mol. The van der Waals surface area contributed by atoms with Crippen LogP contribution in [0, 0.1) is 33.6 Å². The van der Waals surface area contributed by atoms with Crippen molar-refractivity contribution in [2.24, 2.45) is 5.92 Å². The molecule has 1 aromatic heterocycles. The maximum atomic E-state index is 11.0. The largest absolute Gasteiger partial charge is 0.507 e. The average molecular weight is 584 g/mol. The molecule has 0 bridgehead atoms. The van der Waals surface area contributed by atoms with Crippen LogP contribution in [0.1, 0.15) is 61.8 Å². The van der Waals surface area contributed by atoms with Gasteiger partial charge in [0.1, 0.15) is 24.2 Å². The lowest BCUT2D eigenvalue weighted by molar-refractivity contribution is -0.00111. The zero-order valence-electron chi connectivity index (χ0n) is 26.4. The van der Waals surface area contributed by atoms with E-state index in [4.69, 9.17) is 24.4 Å². The molecule has 0 aliphatic heterocycles. The fraction of sp³-hybridized carbons (Fsp3) is 0.417. The number of hydrogen-bond donors (Lipinski definition) is 2. The third-order valence-corrected chi connectivity index (χ3v) is 7.74. The van der Waals surface area contributed by atoms with Gasteiger partial charge in [-0.1, -0.05) is 80.6 Å². The summed E-state index contributed by atoms with van der Waals surface area (Å²) in [6.45, 7) is 13.5. The van der Waals surface area contributed by atoms with E-state index in [-0.39, 0.29) is 19.0 Å². The predicted molar refractivity (Wildman–Crippen MR) is 172 cm³/mol. The maximum Gasteiger partial charge on any atom is 0.167 e. The molecule has 3 aromatic carbocycles. The summed E-state index contributed by atoms with van der Waals surface area (Å²) in [5, 5.41) is 21.4. The minimum Gasteiger partial charge on any atom is -0.507 e. The van der Waals surface area contributed by atoms with Crippen molar-refractivity contribution >= 4 is 0 Å². The van der Waals surface area contributed by atoms with Gasteiger partial charge < -0.3 is 19.7 Å². The van der Waals surface area contributed by atoms with Gasteiger partial charge in [0.25, 0.3) is 0 Å². The fourth-order valence-electron chi connectivity index (χ4n) is 5.17. The van der Waals surface area contributed by atoms with Crippen LogP contribution in [-0.2, 0) is 4.74 Å². The molecule has 7 heteroatoms. The van der Waals surface area contributed by atoms with Gasteiger partial charge >= 0.3 is 0 Å². The van der Waals surface area contributed by atoms with Gasteiger partial charge in [-0.3, -0.25) is 0 Å². The number of ether oxygens (including phenoxy) is 2. The summed E-state index contributed by atoms with van der Waals surface area (Å²) in [6.07, 6.45) is 3.81. The Bertz CT molecular complexity index is 1450. The molecular formula is C36H45N3O4. The molecule has 0 radical (unpaired) electrons. The van der Waals surface area contributed by atoms with Crippen LogP contribution in [0.25, 0.3) is 34.2 Å². The van der Waals surface area contributed by atoms with E-state index in [0.717, 1.165) is 46.2 Å². The van der Waals surface area contributed by atoms with Gasteiger partial charge in [0, 0.05) is 23.8 Å². The molecule has 0 amide bonds. The number of aliphatic hydroxyl groups excluding tert-OH is 1. The van der Waals surface area contributed by atoms with E-state index in [1.165, 1.54) is 18.9 Å². The van der Waals surface area contributed by atoms with Crippen LogP contribution < -0.4 is 4.74 Å². The van der Waals surface area contributed by atoms with Crippen LogP contribution >= 0.6 is 0 Å². The fourth-order valence-corrected chi connectivity index (χ4v) is 5.17. The number of aromatic nitrogens is 3. The Balaban J connectivity index is 1.55. The Hall–Kier alpha value is -3.81. The summed E-state index contributed by atoms with van der Waals surface area (Å²) in [5.74, 6) is 2.38. The number of phenolic OH excluding ortho intramolecular Hbond substituents is 1. The number of hydrogen-bond acceptors (Lipinski definition) is 7. The van der Waals surface area contributed by atoms with Crippen molar-refractivity contribution in [3.05, 3.63) is 76.9 Å². The van der Waals surface area contributed by atoms with Crippen molar-refractivity contribution in [3.8, 4) is 45.7 Å². The van der Waals surface area contributed by atoms with Gasteiger partial charge in [-0.15, -0.1) is 0 Å². The first-order chi connectivity index (χ1) is 20.7. The van der Waals surface area contributed by atoms with Gasteiger partial charge in [0.15, 0.2) is 17.5 Å². The second-order valence-electron chi connectivity index (χ2n) is 11.5. The van der Waals surface area contributed by atoms with E-state index in [1.54, 1.807) is 12.1 Å². The van der Waals surface area contributed by atoms with Gasteiger partial charge in [-0.2, -0.15) is 0 Å². The SMILES string of the molecule is CCCC[C@H](CC)COC[C@@H](O)COc1ccc(-c2nc(-c3ccc(C)cc3C)nc(-c3ccc(C)cc3C)n2)c(O)c1. The molecule has 2 atom stereocenters. The van der Waals surface area contributed by atoms with Crippen molar-refractivity contribution in [1.82, 2.24) is 15.0 Å². The monoisotopic (exact) mass is 583 g/mol. The number of benzene rings is 3. The molecule has 0 aliphatic rings. The van der Waals surface area contributed by atoms with E-state index < -0.39 is 6.10 Å². The topological polar surface area (TPSA) is 97.6 Å². The smallest absolute Gasteiger partial charge is 0.167 e. The Morgan fingerprint density at radius 3 is 1.77 bits per heavy atom. The summed E-state index contributed by atoms with van der Waals surface area (Å²) in [5.41, 5.74) is 6.72. The first-order valence-electron chi connectivity index (χ1n) is 15.3. The Morgan fingerprint density at radius 1 is 0.698 bits per heavy atom. The highest BCUT2D eigenvalue weighted by atomic mass is 16.5. The molecule has 0 unspecified atom stereocenters. The third-order valence-electron chi connectivity index (χ3n) is 7.74. The normalized spacial score (nSPS) is 12.7. The average Bonchev–Trinajstić information content (AvgIpc) is 2.97. The molecule has 0 aliphatic carbocycles. The van der Waals surface area contributed by atoms with E-state index >= 15 is 0 Å². The number of rotatable bonds is 14. The highest BCUT2D eigenvalue weighted by molar-refractivity contribution is 5.72. The summed E-state index contributed by atoms with van der Waals surface area (Å²) in [4.78, 5) is 14.5. The Morgan fingerprint density at radius 2 is 1.26 bits per heavy atom. The molecule has 0 spiro atoms. The molecule has 0 fully saturated rings. The lowest BCUT2D eigenvalue weighted by Gasteiger charge is -2.17. The number of aliphatic hydroxyl groups is 1. The Kier molecular flexibility index (Phi) is 11.3. The predicted octanol–water partition coefficient (Wildman–Crippen LogP) is 7.78. The van der Waals surface area contributed by atoms with Crippen LogP contribution in [0.2, 0.25) is 0 Å². The second-order valence-corrected chi connectivity index (χ2v) is 11.5.